The van der Waals surface area contributed by atoms with Gasteiger partial charge in [-0.15, -0.1) is 0 Å². The monoisotopic (exact) mass is 366 g/mol. The van der Waals surface area contributed by atoms with Crippen LogP contribution < -0.4 is 14.5 Å². The number of hydrogen-bond acceptors (Lipinski definition) is 7. The number of nitriles is 1. The zero-order valence-corrected chi connectivity index (χ0v) is 16.0. The number of rotatable bonds is 7. The highest BCUT2D eigenvalue weighted by Crippen LogP contribution is 2.24. The van der Waals surface area contributed by atoms with Crippen LogP contribution in [-0.2, 0) is 0 Å². The minimum Gasteiger partial charge on any atom is -0.491 e. The molecule has 2 heterocycles. The van der Waals surface area contributed by atoms with Crippen LogP contribution in [0.15, 0.2) is 36.8 Å². The van der Waals surface area contributed by atoms with Crippen molar-refractivity contribution in [3.05, 3.63) is 42.4 Å². The van der Waals surface area contributed by atoms with E-state index in [0.717, 1.165) is 62.9 Å². The fourth-order valence-electron chi connectivity index (χ4n) is 3.35. The molecule has 1 saturated heterocycles. The van der Waals surface area contributed by atoms with Crippen molar-refractivity contribution in [3.63, 3.8) is 0 Å². The molecule has 7 heteroatoms. The third kappa shape index (κ3) is 4.86. The van der Waals surface area contributed by atoms with Crippen LogP contribution >= 0.6 is 0 Å². The summed E-state index contributed by atoms with van der Waals surface area (Å²) < 4.78 is 5.37. The fourth-order valence-corrected chi connectivity index (χ4v) is 3.35. The van der Waals surface area contributed by atoms with E-state index < -0.39 is 0 Å². The summed E-state index contributed by atoms with van der Waals surface area (Å²) in [7, 11) is 3.73. The van der Waals surface area contributed by atoms with E-state index in [4.69, 9.17) is 10.00 Å². The van der Waals surface area contributed by atoms with Crippen LogP contribution in [0.4, 0.5) is 11.5 Å². The van der Waals surface area contributed by atoms with Crippen LogP contribution in [0.2, 0.25) is 0 Å². The van der Waals surface area contributed by atoms with Gasteiger partial charge in [0.2, 0.25) is 0 Å². The number of hydrogen-bond donors (Lipinski definition) is 0. The summed E-state index contributed by atoms with van der Waals surface area (Å²) in [6, 6.07) is 9.96. The number of aromatic nitrogens is 2. The van der Waals surface area contributed by atoms with E-state index >= 15 is 0 Å². The fraction of sp³-hybridized carbons (Fsp3) is 0.450. The van der Waals surface area contributed by atoms with Crippen LogP contribution in [0.1, 0.15) is 12.0 Å². The molecule has 1 fully saturated rings. The Labute approximate surface area is 160 Å². The van der Waals surface area contributed by atoms with Gasteiger partial charge in [0.05, 0.1) is 24.9 Å². The first-order valence-corrected chi connectivity index (χ1v) is 9.24. The summed E-state index contributed by atoms with van der Waals surface area (Å²) in [5, 5.41) is 9.03. The van der Waals surface area contributed by atoms with Gasteiger partial charge in [0.25, 0.3) is 0 Å². The molecule has 0 aliphatic carbocycles. The van der Waals surface area contributed by atoms with Gasteiger partial charge in [-0.1, -0.05) is 6.07 Å². The molecule has 2 aromatic rings. The van der Waals surface area contributed by atoms with Gasteiger partial charge < -0.3 is 14.5 Å². The summed E-state index contributed by atoms with van der Waals surface area (Å²) in [5.41, 5.74) is 1.80. The van der Waals surface area contributed by atoms with Gasteiger partial charge in [0, 0.05) is 45.5 Å². The van der Waals surface area contributed by atoms with Crippen molar-refractivity contribution in [2.45, 2.75) is 6.42 Å². The van der Waals surface area contributed by atoms with Gasteiger partial charge in [0.15, 0.2) is 11.6 Å². The number of piperazine rings is 1. The zero-order valence-electron chi connectivity index (χ0n) is 16.0. The Morgan fingerprint density at radius 2 is 2.07 bits per heavy atom. The van der Waals surface area contributed by atoms with Crippen LogP contribution in [0.25, 0.3) is 0 Å². The molecule has 0 N–H and O–H groups in total. The molecule has 0 bridgehead atoms. The minimum absolute atomic E-state index is 0.704. The van der Waals surface area contributed by atoms with E-state index in [2.05, 4.69) is 43.9 Å². The molecule has 3 rings (SSSR count). The maximum absolute atomic E-state index is 9.03. The summed E-state index contributed by atoms with van der Waals surface area (Å²) in [6.45, 7) is 5.94. The van der Waals surface area contributed by atoms with Crippen molar-refractivity contribution >= 4 is 11.5 Å². The van der Waals surface area contributed by atoms with Gasteiger partial charge in [-0.2, -0.15) is 5.26 Å². The lowest BCUT2D eigenvalue weighted by molar-refractivity contribution is 0.254. The zero-order chi connectivity index (χ0) is 19.1. The normalized spacial score (nSPS) is 14.6. The molecule has 27 heavy (non-hydrogen) atoms. The molecule has 1 aromatic heterocycles. The van der Waals surface area contributed by atoms with Gasteiger partial charge in [-0.3, -0.25) is 4.90 Å². The van der Waals surface area contributed by atoms with E-state index in [1.165, 1.54) is 0 Å². The van der Waals surface area contributed by atoms with E-state index in [1.54, 1.807) is 19.6 Å². The SMILES string of the molecule is COc1cncnc1N1CCN(CCCN(C)c2cccc(C#N)c2)CC1. The van der Waals surface area contributed by atoms with Crippen molar-refractivity contribution in [2.75, 3.05) is 63.2 Å². The lowest BCUT2D eigenvalue weighted by Gasteiger charge is -2.36. The second kappa shape index (κ2) is 9.19. The molecule has 0 unspecified atom stereocenters. The van der Waals surface area contributed by atoms with Gasteiger partial charge >= 0.3 is 0 Å². The highest BCUT2D eigenvalue weighted by molar-refractivity contribution is 5.51. The Balaban J connectivity index is 1.44. The molecule has 0 amide bonds. The van der Waals surface area contributed by atoms with Crippen LogP contribution in [-0.4, -0.2) is 68.3 Å². The average molecular weight is 366 g/mol. The molecule has 142 valence electrons. The quantitative estimate of drug-likeness (QED) is 0.742. The van der Waals surface area contributed by atoms with Crippen LogP contribution in [0, 0.1) is 11.3 Å². The van der Waals surface area contributed by atoms with Crippen LogP contribution in [0.3, 0.4) is 0 Å². The average Bonchev–Trinajstić information content (AvgIpc) is 2.74. The van der Waals surface area contributed by atoms with Crippen molar-refractivity contribution < 1.29 is 4.74 Å². The lowest BCUT2D eigenvalue weighted by atomic mass is 10.2. The molecular formula is C20H26N6O. The first kappa shape index (κ1) is 18.9. The van der Waals surface area contributed by atoms with Crippen LogP contribution in [0.5, 0.6) is 5.75 Å². The second-order valence-corrected chi connectivity index (χ2v) is 6.68. The predicted octanol–water partition coefficient (Wildman–Crippen LogP) is 2.01. The number of anilines is 2. The number of methoxy groups -OCH3 is 1. The molecule has 1 aromatic carbocycles. The third-order valence-electron chi connectivity index (χ3n) is 4.93. The number of nitrogens with zero attached hydrogens (tertiary/aromatic N) is 6. The Bertz CT molecular complexity index is 782. The van der Waals surface area contributed by atoms with E-state index in [1.807, 2.05) is 18.2 Å². The topological polar surface area (TPSA) is 68.5 Å². The molecule has 0 spiro atoms. The first-order chi connectivity index (χ1) is 13.2. The standard InChI is InChI=1S/C20H26N6O/c1-24(18-6-3-5-17(13-18)14-21)7-4-8-25-9-11-26(12-10-25)20-19(27-2)15-22-16-23-20/h3,5-6,13,15-16H,4,7-12H2,1-2H3. The number of benzene rings is 1. The Morgan fingerprint density at radius 3 is 2.81 bits per heavy atom. The molecule has 1 aliphatic rings. The second-order valence-electron chi connectivity index (χ2n) is 6.68. The maximum Gasteiger partial charge on any atom is 0.179 e. The molecule has 7 nitrogen and oxygen atoms in total. The van der Waals surface area contributed by atoms with Crippen molar-refractivity contribution in [1.82, 2.24) is 14.9 Å². The highest BCUT2D eigenvalue weighted by atomic mass is 16.5. The summed E-state index contributed by atoms with van der Waals surface area (Å²) in [4.78, 5) is 15.4. The Kier molecular flexibility index (Phi) is 6.44. The first-order valence-electron chi connectivity index (χ1n) is 9.24. The minimum atomic E-state index is 0.704. The van der Waals surface area contributed by atoms with Crippen molar-refractivity contribution in [2.24, 2.45) is 0 Å². The molecular weight excluding hydrogens is 340 g/mol. The van der Waals surface area contributed by atoms with Gasteiger partial charge in [-0.25, -0.2) is 9.97 Å². The number of ether oxygens (including phenoxy) is 1. The van der Waals surface area contributed by atoms with Gasteiger partial charge in [0.1, 0.15) is 6.33 Å². The van der Waals surface area contributed by atoms with E-state index in [-0.39, 0.29) is 0 Å². The van der Waals surface area contributed by atoms with Gasteiger partial charge in [-0.05, 0) is 31.2 Å². The molecule has 1 aliphatic heterocycles. The lowest BCUT2D eigenvalue weighted by Crippen LogP contribution is -2.47. The molecule has 0 atom stereocenters. The summed E-state index contributed by atoms with van der Waals surface area (Å²) in [6.07, 6.45) is 4.37. The highest BCUT2D eigenvalue weighted by Gasteiger charge is 2.20. The molecule has 0 saturated carbocycles. The van der Waals surface area contributed by atoms with Crippen molar-refractivity contribution in [1.29, 1.82) is 5.26 Å². The summed E-state index contributed by atoms with van der Waals surface area (Å²) >= 11 is 0. The molecule has 0 radical (unpaired) electrons. The smallest absolute Gasteiger partial charge is 0.179 e. The maximum atomic E-state index is 9.03. The van der Waals surface area contributed by atoms with E-state index in [9.17, 15) is 0 Å². The van der Waals surface area contributed by atoms with E-state index in [0.29, 0.717) is 5.56 Å². The largest absolute Gasteiger partial charge is 0.491 e. The summed E-state index contributed by atoms with van der Waals surface area (Å²) in [5.74, 6) is 1.61. The Morgan fingerprint density at radius 1 is 1.26 bits per heavy atom. The third-order valence-corrected chi connectivity index (χ3v) is 4.93. The Hall–Kier alpha value is -2.85. The predicted molar refractivity (Wildman–Crippen MR) is 106 cm³/mol. The van der Waals surface area contributed by atoms with Crippen molar-refractivity contribution in [3.8, 4) is 11.8 Å².